The lowest BCUT2D eigenvalue weighted by atomic mass is 10.0. The van der Waals surface area contributed by atoms with E-state index in [9.17, 15) is 4.39 Å². The molecule has 3 aromatic carbocycles. The zero-order chi connectivity index (χ0) is 18.4. The summed E-state index contributed by atoms with van der Waals surface area (Å²) in [5, 5.41) is 7.25. The predicted octanol–water partition coefficient (Wildman–Crippen LogP) is 4.92. The Balaban J connectivity index is 1.69. The van der Waals surface area contributed by atoms with E-state index < -0.39 is 0 Å². The summed E-state index contributed by atoms with van der Waals surface area (Å²) in [6, 6.07) is 21.1. The Hall–Kier alpha value is -3.25. The maximum atomic E-state index is 13.2. The first-order valence-electron chi connectivity index (χ1n) is 8.55. The summed E-state index contributed by atoms with van der Waals surface area (Å²) in [5.74, 6) is -0.242. The van der Waals surface area contributed by atoms with Gasteiger partial charge in [0.1, 0.15) is 5.82 Å². The molecule has 132 valence electrons. The Labute approximate surface area is 158 Å². The fraction of sp³-hybridized carbons (Fsp3) is 0.0476. The fourth-order valence-corrected chi connectivity index (χ4v) is 4.03. The van der Waals surface area contributed by atoms with E-state index in [-0.39, 0.29) is 5.82 Å². The van der Waals surface area contributed by atoms with E-state index in [1.54, 1.807) is 12.1 Å². The van der Waals surface area contributed by atoms with E-state index in [1.165, 1.54) is 28.9 Å². The molecule has 2 N–H and O–H groups in total. The highest BCUT2D eigenvalue weighted by Gasteiger charge is 2.18. The summed E-state index contributed by atoms with van der Waals surface area (Å²) in [4.78, 5) is 5.51. The number of anilines is 1. The van der Waals surface area contributed by atoms with Crippen LogP contribution in [0, 0.1) is 5.82 Å². The van der Waals surface area contributed by atoms with Gasteiger partial charge in [0.05, 0.1) is 11.4 Å². The molecule has 0 atom stereocenters. The average molecular weight is 374 g/mol. The Kier molecular flexibility index (Phi) is 3.65. The van der Waals surface area contributed by atoms with Gasteiger partial charge in [0.25, 0.3) is 0 Å². The van der Waals surface area contributed by atoms with Crippen LogP contribution in [-0.4, -0.2) is 14.6 Å². The molecular formula is C21H15FN4S. The smallest absolute Gasteiger partial charge is 0.214 e. The zero-order valence-corrected chi connectivity index (χ0v) is 15.1. The molecular weight excluding hydrogens is 359 g/mol. The molecule has 0 aliphatic carbocycles. The molecule has 0 radical (unpaired) electrons. The Morgan fingerprint density at radius 3 is 2.56 bits per heavy atom. The van der Waals surface area contributed by atoms with Gasteiger partial charge >= 0.3 is 0 Å². The van der Waals surface area contributed by atoms with E-state index in [4.69, 9.17) is 10.7 Å². The van der Waals surface area contributed by atoms with Gasteiger partial charge in [-0.3, -0.25) is 0 Å². The van der Waals surface area contributed by atoms with Crippen molar-refractivity contribution in [1.82, 2.24) is 14.6 Å². The van der Waals surface area contributed by atoms with Crippen LogP contribution in [0.4, 0.5) is 9.52 Å². The second-order valence-corrected chi connectivity index (χ2v) is 7.39. The summed E-state index contributed by atoms with van der Waals surface area (Å²) >= 11 is 1.36. The third kappa shape index (κ3) is 2.84. The molecule has 0 fully saturated rings. The first-order valence-corrected chi connectivity index (χ1v) is 9.36. The van der Waals surface area contributed by atoms with E-state index in [2.05, 4.69) is 35.4 Å². The number of hydrogen-bond donors (Lipinski definition) is 1. The summed E-state index contributed by atoms with van der Waals surface area (Å²) in [6.07, 6.45) is 0.596. The number of rotatable bonds is 3. The summed E-state index contributed by atoms with van der Waals surface area (Å²) in [7, 11) is 0. The first-order chi connectivity index (χ1) is 13.2. The van der Waals surface area contributed by atoms with Crippen molar-refractivity contribution in [3.8, 4) is 11.3 Å². The monoisotopic (exact) mass is 374 g/mol. The first kappa shape index (κ1) is 16.0. The number of aromatic nitrogens is 3. The molecule has 6 heteroatoms. The van der Waals surface area contributed by atoms with Crippen LogP contribution in [0.15, 0.2) is 66.7 Å². The molecule has 0 saturated heterocycles. The maximum Gasteiger partial charge on any atom is 0.214 e. The minimum atomic E-state index is -0.242. The Morgan fingerprint density at radius 2 is 1.74 bits per heavy atom. The average Bonchev–Trinajstić information content (AvgIpc) is 3.18. The molecule has 0 saturated carbocycles. The van der Waals surface area contributed by atoms with Crippen molar-refractivity contribution in [1.29, 1.82) is 0 Å². The molecule has 2 aromatic heterocycles. The molecule has 0 aliphatic heterocycles. The van der Waals surface area contributed by atoms with E-state index in [0.29, 0.717) is 11.6 Å². The Bertz CT molecular complexity index is 1270. The quantitative estimate of drug-likeness (QED) is 0.487. The number of benzene rings is 3. The van der Waals surface area contributed by atoms with E-state index in [0.717, 1.165) is 32.9 Å². The minimum Gasteiger partial charge on any atom is -0.374 e. The van der Waals surface area contributed by atoms with E-state index >= 15 is 0 Å². The van der Waals surface area contributed by atoms with Crippen molar-refractivity contribution < 1.29 is 4.39 Å². The molecule has 27 heavy (non-hydrogen) atoms. The molecule has 4 nitrogen and oxygen atoms in total. The molecule has 0 amide bonds. The van der Waals surface area contributed by atoms with Gasteiger partial charge in [0, 0.05) is 12.0 Å². The lowest BCUT2D eigenvalue weighted by molar-refractivity contribution is 0.627. The van der Waals surface area contributed by atoms with Gasteiger partial charge in [-0.1, -0.05) is 59.9 Å². The highest BCUT2D eigenvalue weighted by atomic mass is 32.1. The van der Waals surface area contributed by atoms with Crippen molar-refractivity contribution >= 4 is 32.2 Å². The summed E-state index contributed by atoms with van der Waals surface area (Å²) in [6.45, 7) is 0. The topological polar surface area (TPSA) is 56.2 Å². The molecule has 0 bridgehead atoms. The molecule has 5 aromatic rings. The van der Waals surface area contributed by atoms with E-state index in [1.807, 2.05) is 16.6 Å². The number of nitrogens with zero attached hydrogens (tertiary/aromatic N) is 3. The van der Waals surface area contributed by atoms with Crippen LogP contribution < -0.4 is 5.73 Å². The zero-order valence-electron chi connectivity index (χ0n) is 14.3. The van der Waals surface area contributed by atoms with Crippen LogP contribution in [-0.2, 0) is 6.42 Å². The summed E-state index contributed by atoms with van der Waals surface area (Å²) < 4.78 is 15.0. The molecule has 0 aliphatic rings. The van der Waals surface area contributed by atoms with Crippen LogP contribution in [0.2, 0.25) is 0 Å². The largest absolute Gasteiger partial charge is 0.374 e. The standard InChI is InChI=1S/C21H15FN4S/c22-17-9-5-13(6-10-17)11-18-19(26-21(24-18)27-20(23)25-26)16-8-7-14-3-1-2-4-15(14)12-16/h1-10,12H,11H2,(H2,23,25). The number of halogens is 1. The van der Waals surface area contributed by atoms with Crippen molar-refractivity contribution in [2.75, 3.05) is 5.73 Å². The third-order valence-electron chi connectivity index (χ3n) is 4.60. The van der Waals surface area contributed by atoms with Gasteiger partial charge < -0.3 is 5.73 Å². The lowest BCUT2D eigenvalue weighted by Gasteiger charge is -2.06. The van der Waals surface area contributed by atoms with Crippen molar-refractivity contribution in [2.24, 2.45) is 0 Å². The molecule has 5 rings (SSSR count). The Morgan fingerprint density at radius 1 is 0.963 bits per heavy atom. The SMILES string of the molecule is Nc1nn2c(-c3ccc4ccccc4c3)c(Cc3ccc(F)cc3)nc2s1. The van der Waals surface area contributed by atoms with Crippen molar-refractivity contribution in [2.45, 2.75) is 6.42 Å². The number of fused-ring (bicyclic) bond motifs is 2. The number of nitrogen functional groups attached to an aromatic ring is 1. The highest BCUT2D eigenvalue weighted by Crippen LogP contribution is 2.31. The van der Waals surface area contributed by atoms with Gasteiger partial charge in [-0.25, -0.2) is 13.9 Å². The highest BCUT2D eigenvalue weighted by molar-refractivity contribution is 7.20. The second kappa shape index (κ2) is 6.17. The molecule has 0 spiro atoms. The minimum absolute atomic E-state index is 0.242. The van der Waals surface area contributed by atoms with Gasteiger partial charge in [-0.15, -0.1) is 5.10 Å². The van der Waals surface area contributed by atoms with Crippen molar-refractivity contribution in [3.63, 3.8) is 0 Å². The van der Waals surface area contributed by atoms with Crippen molar-refractivity contribution in [3.05, 3.63) is 83.8 Å². The molecule has 2 heterocycles. The maximum absolute atomic E-state index is 13.2. The second-order valence-electron chi connectivity index (χ2n) is 6.41. The number of imidazole rings is 1. The van der Waals surface area contributed by atoms with Crippen LogP contribution in [0.3, 0.4) is 0 Å². The number of hydrogen-bond acceptors (Lipinski definition) is 4. The lowest BCUT2D eigenvalue weighted by Crippen LogP contribution is -1.96. The van der Waals surface area contributed by atoms with Crippen LogP contribution in [0.25, 0.3) is 27.0 Å². The summed E-state index contributed by atoms with van der Waals surface area (Å²) in [5.41, 5.74) is 9.75. The fourth-order valence-electron chi connectivity index (χ4n) is 3.35. The van der Waals surface area contributed by atoms with Gasteiger partial charge in [-0.05, 0) is 34.5 Å². The van der Waals surface area contributed by atoms with Crippen LogP contribution in [0.5, 0.6) is 0 Å². The molecule has 0 unspecified atom stereocenters. The normalized spacial score (nSPS) is 11.4. The van der Waals surface area contributed by atoms with Gasteiger partial charge in [0.2, 0.25) is 10.1 Å². The van der Waals surface area contributed by atoms with Gasteiger partial charge in [-0.2, -0.15) is 0 Å². The van der Waals surface area contributed by atoms with Gasteiger partial charge in [0.15, 0.2) is 0 Å². The van der Waals surface area contributed by atoms with Crippen LogP contribution >= 0.6 is 11.3 Å². The number of nitrogens with two attached hydrogens (primary N) is 1. The third-order valence-corrected chi connectivity index (χ3v) is 5.34. The van der Waals surface area contributed by atoms with Crippen LogP contribution in [0.1, 0.15) is 11.3 Å². The predicted molar refractivity (Wildman–Crippen MR) is 107 cm³/mol.